The van der Waals surface area contributed by atoms with Gasteiger partial charge in [-0.2, -0.15) is 0 Å². The maximum absolute atomic E-state index is 6.51. The van der Waals surface area contributed by atoms with E-state index in [1.165, 1.54) is 0 Å². The van der Waals surface area contributed by atoms with Crippen LogP contribution in [0.15, 0.2) is 72.8 Å². The molecule has 2 heterocycles. The van der Waals surface area contributed by atoms with Gasteiger partial charge in [-0.25, -0.2) is 0 Å². The van der Waals surface area contributed by atoms with Crippen molar-refractivity contribution in [3.8, 4) is 34.5 Å². The van der Waals surface area contributed by atoms with Gasteiger partial charge in [0.15, 0.2) is 0 Å². The third-order valence-corrected chi connectivity index (χ3v) is 9.39. The number of para-hydroxylation sites is 6. The zero-order chi connectivity index (χ0) is 21.1. The van der Waals surface area contributed by atoms with Crippen LogP contribution >= 0.6 is 56.9 Å². The molecule has 158 valence electrons. The van der Waals surface area contributed by atoms with E-state index in [4.69, 9.17) is 72.1 Å². The fraction of sp³-hybridized carbons (Fsp3) is 0. The van der Waals surface area contributed by atoms with Crippen molar-refractivity contribution < 1.29 is 27.1 Å². The number of benzene rings is 3. The molecule has 0 bridgehead atoms. The molecule has 0 radical (unpaired) electrons. The molecule has 0 N–H and O–H groups in total. The third kappa shape index (κ3) is 3.78. The molecule has 2 aliphatic heterocycles. The van der Waals surface area contributed by atoms with Crippen molar-refractivity contribution in [1.29, 1.82) is 0 Å². The first kappa shape index (κ1) is 20.4. The zero-order valence-electron chi connectivity index (χ0n) is 14.8. The fourth-order valence-electron chi connectivity index (χ4n) is 2.84. The summed E-state index contributed by atoms with van der Waals surface area (Å²) in [6, 6.07) is 20.1. The van der Waals surface area contributed by atoms with E-state index in [2.05, 4.69) is 0 Å². The van der Waals surface area contributed by atoms with Crippen molar-refractivity contribution >= 4 is 56.9 Å². The van der Waals surface area contributed by atoms with Gasteiger partial charge in [-0.05, 0) is 0 Å². The Labute approximate surface area is 190 Å². The number of halogens is 4. The van der Waals surface area contributed by atoms with Gasteiger partial charge in [0.25, 0.3) is 0 Å². The maximum atomic E-state index is 6.51. The van der Waals surface area contributed by atoms with Crippen LogP contribution in [-0.4, -0.2) is 0 Å². The Morgan fingerprint density at radius 1 is 0.467 bits per heavy atom. The summed E-state index contributed by atoms with van der Waals surface area (Å²) in [5.41, 5.74) is 0. The van der Waals surface area contributed by atoms with Gasteiger partial charge in [-0.3, -0.25) is 0 Å². The minimum atomic E-state index is -4.61. The molecule has 2 aliphatic rings. The summed E-state index contributed by atoms with van der Waals surface area (Å²) < 4.78 is 34.3. The van der Waals surface area contributed by atoms with Crippen molar-refractivity contribution in [2.45, 2.75) is 0 Å². The Morgan fingerprint density at radius 2 is 0.733 bits per heavy atom. The summed E-state index contributed by atoms with van der Waals surface area (Å²) >= 11 is 26.1. The Morgan fingerprint density at radius 3 is 1.03 bits per heavy atom. The molecular formula is C18H12Cl4O6P2. The average Bonchev–Trinajstić information content (AvgIpc) is 3.11. The van der Waals surface area contributed by atoms with E-state index >= 15 is 0 Å². The molecule has 0 saturated carbocycles. The molecule has 0 saturated heterocycles. The van der Waals surface area contributed by atoms with Gasteiger partial charge in [0.2, 0.25) is 0 Å². The van der Waals surface area contributed by atoms with E-state index in [-0.39, 0.29) is 11.5 Å². The first-order valence-corrected chi connectivity index (χ1v) is 16.1. The van der Waals surface area contributed by atoms with Gasteiger partial charge in [0, 0.05) is 0 Å². The molecule has 0 aromatic heterocycles. The summed E-state index contributed by atoms with van der Waals surface area (Å²) in [5.74, 6) is -7.66. The van der Waals surface area contributed by atoms with Crippen molar-refractivity contribution in [2.24, 2.45) is 0 Å². The van der Waals surface area contributed by atoms with Gasteiger partial charge >= 0.3 is 191 Å². The molecule has 0 unspecified atom stereocenters. The quantitative estimate of drug-likeness (QED) is 0.316. The van der Waals surface area contributed by atoms with Crippen LogP contribution in [0, 0.1) is 0 Å². The standard InChI is InChI=1S/C18H12Cl4O6P2/c19-29(20,23-13-7-1-2-8-14(13)24-29)27-17-11-5-6-12-18(17)28-30(21,22)25-15-9-3-4-10-16(15)26-30/h1-12H. The Hall–Kier alpha value is -1.52. The van der Waals surface area contributed by atoms with E-state index in [1.807, 2.05) is 0 Å². The van der Waals surface area contributed by atoms with Crippen LogP contribution in [0.5, 0.6) is 34.5 Å². The number of fused-ring (bicyclic) bond motifs is 2. The van der Waals surface area contributed by atoms with Crippen LogP contribution < -0.4 is 27.1 Å². The molecule has 6 nitrogen and oxygen atoms in total. The second-order valence-corrected chi connectivity index (χ2v) is 18.2. The molecule has 0 aliphatic carbocycles. The molecule has 5 rings (SSSR count). The molecule has 3 aromatic rings. The van der Waals surface area contributed by atoms with Gasteiger partial charge in [0.05, 0.1) is 0 Å². The Kier molecular flexibility index (Phi) is 4.41. The molecule has 0 fully saturated rings. The summed E-state index contributed by atoms with van der Waals surface area (Å²) in [6.07, 6.45) is 0. The van der Waals surface area contributed by atoms with E-state index < -0.39 is 12.0 Å². The molecule has 3 aromatic carbocycles. The van der Waals surface area contributed by atoms with Crippen LogP contribution in [0.2, 0.25) is 0 Å². The third-order valence-electron chi connectivity index (χ3n) is 4.00. The number of hydrogen-bond donors (Lipinski definition) is 0. The topological polar surface area (TPSA) is 55.4 Å². The first-order valence-electron chi connectivity index (χ1n) is 8.48. The summed E-state index contributed by atoms with van der Waals surface area (Å²) in [5, 5.41) is 0. The van der Waals surface area contributed by atoms with Gasteiger partial charge in [0.1, 0.15) is 0 Å². The molecule has 0 atom stereocenters. The molecular weight excluding hydrogens is 516 g/mol. The van der Waals surface area contributed by atoms with Crippen LogP contribution in [0.4, 0.5) is 0 Å². The minimum absolute atomic E-state index is 0.0708. The van der Waals surface area contributed by atoms with Crippen LogP contribution in [0.3, 0.4) is 0 Å². The molecule has 0 spiro atoms. The summed E-state index contributed by atoms with van der Waals surface area (Å²) in [6.45, 7) is 0. The van der Waals surface area contributed by atoms with Crippen LogP contribution in [0.25, 0.3) is 0 Å². The molecule has 0 amide bonds. The van der Waals surface area contributed by atoms with Crippen molar-refractivity contribution in [1.82, 2.24) is 0 Å². The molecule has 30 heavy (non-hydrogen) atoms. The second kappa shape index (κ2) is 6.49. The van der Waals surface area contributed by atoms with Crippen molar-refractivity contribution in [2.75, 3.05) is 0 Å². The SMILES string of the molecule is ClP1(Cl)(Oc2ccccc2OP2(Cl)(Cl)Oc3ccccc3O2)Oc2ccccc2O1. The van der Waals surface area contributed by atoms with E-state index in [1.54, 1.807) is 72.8 Å². The summed E-state index contributed by atoms with van der Waals surface area (Å²) in [7, 11) is 0. The number of hydrogen-bond acceptors (Lipinski definition) is 6. The van der Waals surface area contributed by atoms with E-state index in [9.17, 15) is 0 Å². The van der Waals surface area contributed by atoms with E-state index in [0.29, 0.717) is 23.0 Å². The number of rotatable bonds is 4. The van der Waals surface area contributed by atoms with Crippen LogP contribution in [-0.2, 0) is 0 Å². The summed E-state index contributed by atoms with van der Waals surface area (Å²) in [4.78, 5) is 0. The predicted octanol–water partition coefficient (Wildman–Crippen LogP) is 8.60. The second-order valence-electron chi connectivity index (χ2n) is 6.29. The Bertz CT molecular complexity index is 1030. The predicted molar refractivity (Wildman–Crippen MR) is 120 cm³/mol. The monoisotopic (exact) mass is 526 g/mol. The normalized spacial score (nSPS) is 23.2. The molecule has 12 heteroatoms. The van der Waals surface area contributed by atoms with Crippen molar-refractivity contribution in [3.05, 3.63) is 72.8 Å². The first-order chi connectivity index (χ1) is 14.1. The van der Waals surface area contributed by atoms with Gasteiger partial charge in [-0.15, -0.1) is 0 Å². The fourth-order valence-corrected chi connectivity index (χ4v) is 8.50. The average molecular weight is 528 g/mol. The van der Waals surface area contributed by atoms with Crippen molar-refractivity contribution in [3.63, 3.8) is 0 Å². The van der Waals surface area contributed by atoms with Crippen LogP contribution in [0.1, 0.15) is 0 Å². The Balaban J connectivity index is 1.45. The van der Waals surface area contributed by atoms with Gasteiger partial charge < -0.3 is 0 Å². The van der Waals surface area contributed by atoms with Gasteiger partial charge in [-0.1, -0.05) is 0 Å². The van der Waals surface area contributed by atoms with E-state index in [0.717, 1.165) is 0 Å². The zero-order valence-corrected chi connectivity index (χ0v) is 19.6.